The standard InChI is InChI=1S/C12H25N3O2/c1-11(16)14-10-12-2-5-15(6-3-12)7-9-17-8-4-13/h12H,2-10,13H2,1H3,(H,14,16). The van der Waals surface area contributed by atoms with E-state index in [9.17, 15) is 4.79 Å². The number of amides is 1. The van der Waals surface area contributed by atoms with Crippen LogP contribution in [-0.4, -0.2) is 56.7 Å². The molecule has 0 aliphatic carbocycles. The van der Waals surface area contributed by atoms with Crippen LogP contribution < -0.4 is 11.1 Å². The Morgan fingerprint density at radius 2 is 2.12 bits per heavy atom. The molecule has 0 radical (unpaired) electrons. The highest BCUT2D eigenvalue weighted by molar-refractivity contribution is 5.72. The maximum absolute atomic E-state index is 10.8. The van der Waals surface area contributed by atoms with Crippen molar-refractivity contribution in [3.8, 4) is 0 Å². The van der Waals surface area contributed by atoms with E-state index in [0.29, 0.717) is 19.1 Å². The van der Waals surface area contributed by atoms with Crippen LogP contribution in [0.1, 0.15) is 19.8 Å². The summed E-state index contributed by atoms with van der Waals surface area (Å²) in [6.45, 7) is 7.63. The average molecular weight is 243 g/mol. The largest absolute Gasteiger partial charge is 0.379 e. The summed E-state index contributed by atoms with van der Waals surface area (Å²) >= 11 is 0. The molecular weight excluding hydrogens is 218 g/mol. The lowest BCUT2D eigenvalue weighted by molar-refractivity contribution is -0.119. The highest BCUT2D eigenvalue weighted by Crippen LogP contribution is 2.15. The Bertz CT molecular complexity index is 216. The highest BCUT2D eigenvalue weighted by atomic mass is 16.5. The Labute approximate surface area is 104 Å². The van der Waals surface area contributed by atoms with Gasteiger partial charge in [0.2, 0.25) is 5.91 Å². The van der Waals surface area contributed by atoms with Crippen molar-refractivity contribution in [2.75, 3.05) is 45.9 Å². The monoisotopic (exact) mass is 243 g/mol. The van der Waals surface area contributed by atoms with E-state index < -0.39 is 0 Å². The van der Waals surface area contributed by atoms with Crippen LogP contribution in [0.3, 0.4) is 0 Å². The normalized spacial score (nSPS) is 18.2. The number of carbonyl (C=O) groups excluding carboxylic acids is 1. The van der Waals surface area contributed by atoms with Crippen LogP contribution in [-0.2, 0) is 9.53 Å². The Morgan fingerprint density at radius 3 is 2.71 bits per heavy atom. The molecule has 1 fully saturated rings. The van der Waals surface area contributed by atoms with Crippen LogP contribution in [0.2, 0.25) is 0 Å². The van der Waals surface area contributed by atoms with Gasteiger partial charge in [0, 0.05) is 26.6 Å². The van der Waals surface area contributed by atoms with Crippen LogP contribution in [0, 0.1) is 5.92 Å². The van der Waals surface area contributed by atoms with Crippen molar-refractivity contribution >= 4 is 5.91 Å². The third-order valence-electron chi connectivity index (χ3n) is 3.16. The maximum atomic E-state index is 10.8. The van der Waals surface area contributed by atoms with Crippen molar-refractivity contribution < 1.29 is 9.53 Å². The minimum atomic E-state index is 0.0719. The first-order valence-electron chi connectivity index (χ1n) is 6.47. The number of hydrogen-bond donors (Lipinski definition) is 2. The molecule has 0 atom stereocenters. The van der Waals surface area contributed by atoms with Gasteiger partial charge in [0.05, 0.1) is 13.2 Å². The second-order valence-corrected chi connectivity index (χ2v) is 4.62. The number of nitrogens with one attached hydrogen (secondary N) is 1. The summed E-state index contributed by atoms with van der Waals surface area (Å²) in [5.41, 5.74) is 5.35. The van der Waals surface area contributed by atoms with E-state index in [4.69, 9.17) is 10.5 Å². The number of likely N-dealkylation sites (tertiary alicyclic amines) is 1. The fourth-order valence-electron chi connectivity index (χ4n) is 2.08. The SMILES string of the molecule is CC(=O)NCC1CCN(CCOCCN)CC1. The molecule has 0 aromatic heterocycles. The molecule has 5 heteroatoms. The molecule has 1 heterocycles. The molecule has 1 saturated heterocycles. The summed E-state index contributed by atoms with van der Waals surface area (Å²) in [6, 6.07) is 0. The fraction of sp³-hybridized carbons (Fsp3) is 0.917. The van der Waals surface area contributed by atoms with Crippen molar-refractivity contribution in [3.05, 3.63) is 0 Å². The van der Waals surface area contributed by atoms with E-state index in [1.54, 1.807) is 6.92 Å². The molecule has 0 aromatic rings. The van der Waals surface area contributed by atoms with Crippen molar-refractivity contribution in [1.29, 1.82) is 0 Å². The van der Waals surface area contributed by atoms with Gasteiger partial charge in [-0.05, 0) is 31.8 Å². The van der Waals surface area contributed by atoms with Crippen molar-refractivity contribution in [2.24, 2.45) is 11.7 Å². The highest BCUT2D eigenvalue weighted by Gasteiger charge is 2.18. The molecule has 0 bridgehead atoms. The Morgan fingerprint density at radius 1 is 1.41 bits per heavy atom. The predicted octanol–water partition coefficient (Wildman–Crippen LogP) is -0.190. The lowest BCUT2D eigenvalue weighted by Crippen LogP contribution is -2.39. The van der Waals surface area contributed by atoms with E-state index >= 15 is 0 Å². The lowest BCUT2D eigenvalue weighted by atomic mass is 9.97. The van der Waals surface area contributed by atoms with Crippen molar-refractivity contribution in [3.63, 3.8) is 0 Å². The summed E-state index contributed by atoms with van der Waals surface area (Å²) < 4.78 is 5.37. The summed E-state index contributed by atoms with van der Waals surface area (Å²) in [5, 5.41) is 2.89. The molecule has 100 valence electrons. The van der Waals surface area contributed by atoms with E-state index in [1.807, 2.05) is 0 Å². The Kier molecular flexibility index (Phi) is 7.16. The summed E-state index contributed by atoms with van der Waals surface area (Å²) in [6.07, 6.45) is 2.33. The molecule has 0 saturated carbocycles. The van der Waals surface area contributed by atoms with Crippen molar-refractivity contribution in [1.82, 2.24) is 10.2 Å². The number of ether oxygens (including phenoxy) is 1. The van der Waals surface area contributed by atoms with Crippen LogP contribution in [0.15, 0.2) is 0 Å². The van der Waals surface area contributed by atoms with Crippen LogP contribution >= 0.6 is 0 Å². The zero-order valence-electron chi connectivity index (χ0n) is 10.8. The van der Waals surface area contributed by atoms with Gasteiger partial charge in [-0.2, -0.15) is 0 Å². The first kappa shape index (κ1) is 14.4. The number of nitrogens with two attached hydrogens (primary N) is 1. The third kappa shape index (κ3) is 6.61. The van der Waals surface area contributed by atoms with Gasteiger partial charge in [-0.15, -0.1) is 0 Å². The quantitative estimate of drug-likeness (QED) is 0.608. The zero-order valence-corrected chi connectivity index (χ0v) is 10.8. The first-order valence-corrected chi connectivity index (χ1v) is 6.47. The van der Waals surface area contributed by atoms with Gasteiger partial charge >= 0.3 is 0 Å². The maximum Gasteiger partial charge on any atom is 0.216 e. The molecule has 1 aliphatic rings. The molecule has 0 spiro atoms. The van der Waals surface area contributed by atoms with E-state index in [1.165, 1.54) is 0 Å². The van der Waals surface area contributed by atoms with Gasteiger partial charge in [0.25, 0.3) is 0 Å². The topological polar surface area (TPSA) is 67.6 Å². The van der Waals surface area contributed by atoms with Crippen LogP contribution in [0.5, 0.6) is 0 Å². The smallest absolute Gasteiger partial charge is 0.216 e. The number of nitrogens with zero attached hydrogens (tertiary/aromatic N) is 1. The van der Waals surface area contributed by atoms with Gasteiger partial charge in [-0.3, -0.25) is 4.79 Å². The lowest BCUT2D eigenvalue weighted by Gasteiger charge is -2.31. The molecule has 1 rings (SSSR count). The Balaban J connectivity index is 2.03. The number of rotatable bonds is 7. The second-order valence-electron chi connectivity index (χ2n) is 4.62. The molecule has 5 nitrogen and oxygen atoms in total. The van der Waals surface area contributed by atoms with Gasteiger partial charge in [0.15, 0.2) is 0 Å². The molecule has 0 unspecified atom stereocenters. The number of piperidine rings is 1. The summed E-state index contributed by atoms with van der Waals surface area (Å²) in [7, 11) is 0. The van der Waals surface area contributed by atoms with Crippen molar-refractivity contribution in [2.45, 2.75) is 19.8 Å². The molecule has 1 aliphatic heterocycles. The van der Waals surface area contributed by atoms with Crippen LogP contribution in [0.4, 0.5) is 0 Å². The third-order valence-corrected chi connectivity index (χ3v) is 3.16. The molecule has 3 N–H and O–H groups in total. The van der Waals surface area contributed by atoms with Gasteiger partial charge in [0.1, 0.15) is 0 Å². The predicted molar refractivity (Wildman–Crippen MR) is 67.7 cm³/mol. The van der Waals surface area contributed by atoms with Gasteiger partial charge in [-0.1, -0.05) is 0 Å². The minimum Gasteiger partial charge on any atom is -0.379 e. The van der Waals surface area contributed by atoms with Gasteiger partial charge in [-0.25, -0.2) is 0 Å². The van der Waals surface area contributed by atoms with E-state index in [0.717, 1.165) is 45.6 Å². The van der Waals surface area contributed by atoms with Crippen LogP contribution in [0.25, 0.3) is 0 Å². The van der Waals surface area contributed by atoms with E-state index in [-0.39, 0.29) is 5.91 Å². The van der Waals surface area contributed by atoms with E-state index in [2.05, 4.69) is 10.2 Å². The minimum absolute atomic E-state index is 0.0719. The molecular formula is C12H25N3O2. The molecule has 1 amide bonds. The summed E-state index contributed by atoms with van der Waals surface area (Å²) in [4.78, 5) is 13.2. The summed E-state index contributed by atoms with van der Waals surface area (Å²) in [5.74, 6) is 0.711. The Hall–Kier alpha value is -0.650. The van der Waals surface area contributed by atoms with Gasteiger partial charge < -0.3 is 20.7 Å². The first-order chi connectivity index (χ1) is 8.22. The number of hydrogen-bond acceptors (Lipinski definition) is 4. The second kappa shape index (κ2) is 8.44. The molecule has 17 heavy (non-hydrogen) atoms. The zero-order chi connectivity index (χ0) is 12.5. The average Bonchev–Trinajstić information content (AvgIpc) is 2.33. The fourth-order valence-corrected chi connectivity index (χ4v) is 2.08. The number of carbonyl (C=O) groups is 1. The molecule has 0 aromatic carbocycles.